The highest BCUT2D eigenvalue weighted by Gasteiger charge is 2.32. The number of nitrogens with zero attached hydrogens (tertiary/aromatic N) is 6. The molecule has 44 heavy (non-hydrogen) atoms. The van der Waals surface area contributed by atoms with Gasteiger partial charge in [-0.2, -0.15) is 4.98 Å². The molecule has 1 fully saturated rings. The Hall–Kier alpha value is -4.72. The Morgan fingerprint density at radius 2 is 1.86 bits per heavy atom. The molecule has 1 saturated heterocycles. The fourth-order valence-electron chi connectivity index (χ4n) is 4.92. The number of aliphatic carboxylic acids is 1. The van der Waals surface area contributed by atoms with Gasteiger partial charge in [0.2, 0.25) is 17.8 Å². The lowest BCUT2D eigenvalue weighted by molar-refractivity contribution is -0.146. The van der Waals surface area contributed by atoms with E-state index in [4.69, 9.17) is 29.3 Å². The van der Waals surface area contributed by atoms with Crippen molar-refractivity contribution in [2.75, 3.05) is 58.5 Å². The van der Waals surface area contributed by atoms with Crippen LogP contribution in [0.3, 0.4) is 0 Å². The normalized spacial score (nSPS) is 14.9. The summed E-state index contributed by atoms with van der Waals surface area (Å²) in [6.07, 6.45) is 5.73. The van der Waals surface area contributed by atoms with Crippen LogP contribution < -0.4 is 19.7 Å². The third-order valence-electron chi connectivity index (χ3n) is 7.23. The molecule has 0 saturated carbocycles. The topological polar surface area (TPSA) is 161 Å². The van der Waals surface area contributed by atoms with Crippen LogP contribution in [0, 0.1) is 0 Å². The zero-order valence-corrected chi connectivity index (χ0v) is 25.4. The summed E-state index contributed by atoms with van der Waals surface area (Å²) in [6, 6.07) is 7.14. The van der Waals surface area contributed by atoms with E-state index < -0.39 is 18.6 Å². The maximum absolute atomic E-state index is 13.2. The van der Waals surface area contributed by atoms with E-state index in [1.807, 2.05) is 43.0 Å². The van der Waals surface area contributed by atoms with E-state index in [0.717, 1.165) is 11.3 Å². The van der Waals surface area contributed by atoms with Crippen molar-refractivity contribution < 1.29 is 33.7 Å². The molecule has 14 heteroatoms. The number of carboxylic acid groups (broad SMARTS) is 1. The predicted octanol–water partition coefficient (Wildman–Crippen LogP) is 1.67. The third-order valence-corrected chi connectivity index (χ3v) is 7.23. The van der Waals surface area contributed by atoms with E-state index in [1.165, 1.54) is 0 Å². The smallest absolute Gasteiger partial charge is 0.329 e. The van der Waals surface area contributed by atoms with Gasteiger partial charge in [-0.1, -0.05) is 19.9 Å². The number of piperazine rings is 1. The maximum Gasteiger partial charge on any atom is 0.329 e. The van der Waals surface area contributed by atoms with Crippen molar-refractivity contribution in [3.05, 3.63) is 54.2 Å². The standard InChI is InChI=1S/C30H39N7O7/c1-20(2)23-15-26(34-30(33-23)36-10-9-31-19-36)37-12-11-35(28(39)17-44-18-29(40)41)16-22(37)14-27(38)32-8-7-21-5-6-24(42-3)25(13-21)43-4/h5-6,9-10,13,15,19-20,22H,7-8,11-12,14,16-18H2,1-4H3,(H,32,38)(H,40,41). The second kappa shape index (κ2) is 15.1. The Morgan fingerprint density at radius 3 is 2.55 bits per heavy atom. The number of rotatable bonds is 14. The van der Waals surface area contributed by atoms with Crippen LogP contribution in [0.1, 0.15) is 37.4 Å². The maximum atomic E-state index is 13.2. The number of benzene rings is 1. The highest BCUT2D eigenvalue weighted by atomic mass is 16.5. The first-order chi connectivity index (χ1) is 21.2. The zero-order valence-electron chi connectivity index (χ0n) is 25.4. The van der Waals surface area contributed by atoms with Gasteiger partial charge in [0.15, 0.2) is 11.5 Å². The summed E-state index contributed by atoms with van der Waals surface area (Å²) in [5, 5.41) is 11.8. The van der Waals surface area contributed by atoms with Gasteiger partial charge in [-0.25, -0.2) is 14.8 Å². The predicted molar refractivity (Wildman–Crippen MR) is 160 cm³/mol. The molecule has 14 nitrogen and oxygen atoms in total. The first-order valence-electron chi connectivity index (χ1n) is 14.4. The number of ether oxygens (including phenoxy) is 3. The van der Waals surface area contributed by atoms with Gasteiger partial charge in [0.05, 0.1) is 26.0 Å². The Kier molecular flexibility index (Phi) is 11.1. The quantitative estimate of drug-likeness (QED) is 0.274. The number of methoxy groups -OCH3 is 2. The molecular weight excluding hydrogens is 570 g/mol. The van der Waals surface area contributed by atoms with Crippen LogP contribution in [-0.4, -0.2) is 107 Å². The van der Waals surface area contributed by atoms with Gasteiger partial charge in [0.25, 0.3) is 0 Å². The molecule has 0 aliphatic carbocycles. The number of amides is 2. The average molecular weight is 610 g/mol. The molecule has 3 heterocycles. The Morgan fingerprint density at radius 1 is 1.07 bits per heavy atom. The van der Waals surface area contributed by atoms with Crippen LogP contribution in [-0.2, 0) is 25.5 Å². The molecule has 1 aliphatic heterocycles. The second-order valence-electron chi connectivity index (χ2n) is 10.6. The lowest BCUT2D eigenvalue weighted by Gasteiger charge is -2.42. The fraction of sp³-hybridized carbons (Fsp3) is 0.467. The number of hydrogen-bond donors (Lipinski definition) is 2. The van der Waals surface area contributed by atoms with Gasteiger partial charge < -0.3 is 34.4 Å². The van der Waals surface area contributed by atoms with Crippen molar-refractivity contribution in [1.29, 1.82) is 0 Å². The minimum Gasteiger partial charge on any atom is -0.493 e. The van der Waals surface area contributed by atoms with Crippen molar-refractivity contribution in [2.24, 2.45) is 0 Å². The van der Waals surface area contributed by atoms with E-state index in [-0.39, 0.29) is 37.3 Å². The molecule has 0 bridgehead atoms. The van der Waals surface area contributed by atoms with E-state index in [1.54, 1.807) is 42.4 Å². The lowest BCUT2D eigenvalue weighted by Crippen LogP contribution is -2.57. The van der Waals surface area contributed by atoms with Crippen LogP contribution >= 0.6 is 0 Å². The van der Waals surface area contributed by atoms with Crippen LogP contribution in [0.15, 0.2) is 43.0 Å². The summed E-state index contributed by atoms with van der Waals surface area (Å²) in [5.41, 5.74) is 1.81. The number of imidazole rings is 1. The third kappa shape index (κ3) is 8.43. The van der Waals surface area contributed by atoms with Gasteiger partial charge in [0.1, 0.15) is 25.4 Å². The number of aromatic nitrogens is 4. The molecular formula is C30H39N7O7. The largest absolute Gasteiger partial charge is 0.493 e. The molecule has 236 valence electrons. The Balaban J connectivity index is 1.50. The fourth-order valence-corrected chi connectivity index (χ4v) is 4.92. The second-order valence-corrected chi connectivity index (χ2v) is 10.6. The van der Waals surface area contributed by atoms with Gasteiger partial charge >= 0.3 is 5.97 Å². The van der Waals surface area contributed by atoms with E-state index in [9.17, 15) is 14.4 Å². The molecule has 2 amide bonds. The van der Waals surface area contributed by atoms with Crippen molar-refractivity contribution in [2.45, 2.75) is 38.6 Å². The van der Waals surface area contributed by atoms with Gasteiger partial charge in [-0.05, 0) is 30.0 Å². The summed E-state index contributed by atoms with van der Waals surface area (Å²) in [5.74, 6) is 0.806. The number of anilines is 1. The lowest BCUT2D eigenvalue weighted by atomic mass is 10.1. The summed E-state index contributed by atoms with van der Waals surface area (Å²) in [6.45, 7) is 4.57. The molecule has 1 aliphatic rings. The number of carboxylic acids is 1. The Labute approximate surface area is 256 Å². The van der Waals surface area contributed by atoms with E-state index >= 15 is 0 Å². The zero-order chi connectivity index (χ0) is 31.6. The number of nitrogens with one attached hydrogen (secondary N) is 1. The molecule has 0 radical (unpaired) electrons. The van der Waals surface area contributed by atoms with Crippen molar-refractivity contribution >= 4 is 23.6 Å². The SMILES string of the molecule is COc1ccc(CCNC(=O)CC2CN(C(=O)COCC(=O)O)CCN2c2cc(C(C)C)nc(-n3ccnc3)n2)cc1OC. The average Bonchev–Trinajstić information content (AvgIpc) is 3.56. The van der Waals surface area contributed by atoms with E-state index in [0.29, 0.717) is 49.3 Å². The molecule has 4 rings (SSSR count). The molecule has 2 N–H and O–H groups in total. The summed E-state index contributed by atoms with van der Waals surface area (Å²) < 4.78 is 17.4. The summed E-state index contributed by atoms with van der Waals surface area (Å²) in [7, 11) is 3.15. The van der Waals surface area contributed by atoms with Crippen LogP contribution in [0.4, 0.5) is 5.82 Å². The molecule has 1 atom stereocenters. The van der Waals surface area contributed by atoms with Crippen LogP contribution in [0.25, 0.3) is 5.95 Å². The van der Waals surface area contributed by atoms with Crippen molar-refractivity contribution in [3.8, 4) is 17.4 Å². The first-order valence-corrected chi connectivity index (χ1v) is 14.4. The van der Waals surface area contributed by atoms with Crippen LogP contribution in [0.2, 0.25) is 0 Å². The highest BCUT2D eigenvalue weighted by molar-refractivity contribution is 5.80. The number of carbonyl (C=O) groups excluding carboxylic acids is 2. The summed E-state index contributed by atoms with van der Waals surface area (Å²) >= 11 is 0. The van der Waals surface area contributed by atoms with Gasteiger partial charge in [-0.3, -0.25) is 14.2 Å². The highest BCUT2D eigenvalue weighted by Crippen LogP contribution is 2.28. The molecule has 0 spiro atoms. The monoisotopic (exact) mass is 609 g/mol. The minimum absolute atomic E-state index is 0.104. The van der Waals surface area contributed by atoms with E-state index in [2.05, 4.69) is 10.3 Å². The molecule has 1 aromatic carbocycles. The van der Waals surface area contributed by atoms with Crippen molar-refractivity contribution in [3.63, 3.8) is 0 Å². The molecule has 1 unspecified atom stereocenters. The minimum atomic E-state index is -1.15. The Bertz CT molecular complexity index is 1430. The van der Waals surface area contributed by atoms with Crippen LogP contribution in [0.5, 0.6) is 11.5 Å². The number of hydrogen-bond acceptors (Lipinski definition) is 10. The molecule has 3 aromatic rings. The van der Waals surface area contributed by atoms with Crippen molar-refractivity contribution in [1.82, 2.24) is 29.7 Å². The molecule has 2 aromatic heterocycles. The number of carbonyl (C=O) groups is 3. The first kappa shape index (κ1) is 32.2. The van der Waals surface area contributed by atoms with Gasteiger partial charge in [-0.15, -0.1) is 0 Å². The van der Waals surface area contributed by atoms with Gasteiger partial charge in [0, 0.05) is 51.1 Å². The summed E-state index contributed by atoms with van der Waals surface area (Å²) in [4.78, 5) is 54.2.